The molecule has 0 amide bonds. The van der Waals surface area contributed by atoms with E-state index >= 15 is 0 Å². The molecule has 64 valence electrons. The van der Waals surface area contributed by atoms with Gasteiger partial charge in [-0.05, 0) is 13.8 Å². The SMILES string of the molecule is CC1(C)OC[C@H](C[C@@H]2CO2)O1. The molecular formula is C8H14O3. The Bertz CT molecular complexity index is 151. The van der Waals surface area contributed by atoms with Crippen LogP contribution in [0.4, 0.5) is 0 Å². The maximum Gasteiger partial charge on any atom is 0.163 e. The molecule has 0 saturated carbocycles. The summed E-state index contributed by atoms with van der Waals surface area (Å²) in [5, 5.41) is 0. The van der Waals surface area contributed by atoms with E-state index in [-0.39, 0.29) is 11.9 Å². The molecule has 2 saturated heterocycles. The molecule has 3 nitrogen and oxygen atoms in total. The summed E-state index contributed by atoms with van der Waals surface area (Å²) in [5.74, 6) is -0.375. The van der Waals surface area contributed by atoms with Gasteiger partial charge in [-0.3, -0.25) is 0 Å². The van der Waals surface area contributed by atoms with Gasteiger partial charge in [0.1, 0.15) is 0 Å². The first-order chi connectivity index (χ1) is 5.16. The summed E-state index contributed by atoms with van der Waals surface area (Å²) in [4.78, 5) is 0. The average molecular weight is 158 g/mol. The lowest BCUT2D eigenvalue weighted by Gasteiger charge is -2.16. The molecule has 0 aliphatic carbocycles. The molecule has 0 bridgehead atoms. The van der Waals surface area contributed by atoms with Gasteiger partial charge in [0.25, 0.3) is 0 Å². The predicted octanol–water partition coefficient (Wildman–Crippen LogP) is 0.927. The molecule has 2 atom stereocenters. The fourth-order valence-corrected chi connectivity index (χ4v) is 1.38. The van der Waals surface area contributed by atoms with Gasteiger partial charge >= 0.3 is 0 Å². The molecule has 0 N–H and O–H groups in total. The topological polar surface area (TPSA) is 31.0 Å². The van der Waals surface area contributed by atoms with Crippen LogP contribution in [0.1, 0.15) is 20.3 Å². The van der Waals surface area contributed by atoms with Crippen LogP contribution in [-0.2, 0) is 14.2 Å². The van der Waals surface area contributed by atoms with Crippen LogP contribution in [-0.4, -0.2) is 31.2 Å². The van der Waals surface area contributed by atoms with Gasteiger partial charge in [-0.2, -0.15) is 0 Å². The van der Waals surface area contributed by atoms with E-state index in [1.54, 1.807) is 0 Å². The standard InChI is InChI=1S/C8H14O3/c1-8(2)10-5-7(11-8)3-6-4-9-6/h6-7H,3-5H2,1-2H3/t6-,7+/m1/s1. The Kier molecular flexibility index (Phi) is 1.67. The fraction of sp³-hybridized carbons (Fsp3) is 1.00. The van der Waals surface area contributed by atoms with Gasteiger partial charge < -0.3 is 14.2 Å². The zero-order valence-corrected chi connectivity index (χ0v) is 7.00. The molecule has 2 aliphatic rings. The molecule has 0 aromatic heterocycles. The van der Waals surface area contributed by atoms with Crippen molar-refractivity contribution in [2.75, 3.05) is 13.2 Å². The summed E-state index contributed by atoms with van der Waals surface area (Å²) in [6.45, 7) is 5.51. The first-order valence-corrected chi connectivity index (χ1v) is 4.09. The molecule has 0 radical (unpaired) electrons. The number of epoxide rings is 1. The molecule has 0 spiro atoms. The lowest BCUT2D eigenvalue weighted by atomic mass is 10.2. The van der Waals surface area contributed by atoms with Crippen molar-refractivity contribution < 1.29 is 14.2 Å². The van der Waals surface area contributed by atoms with Crippen LogP contribution in [0.15, 0.2) is 0 Å². The minimum absolute atomic E-state index is 0.248. The summed E-state index contributed by atoms with van der Waals surface area (Å²) in [6.07, 6.45) is 1.68. The van der Waals surface area contributed by atoms with Crippen molar-refractivity contribution in [1.29, 1.82) is 0 Å². The monoisotopic (exact) mass is 158 g/mol. The van der Waals surface area contributed by atoms with Crippen molar-refractivity contribution in [2.24, 2.45) is 0 Å². The van der Waals surface area contributed by atoms with E-state index < -0.39 is 0 Å². The van der Waals surface area contributed by atoms with E-state index in [0.29, 0.717) is 12.7 Å². The van der Waals surface area contributed by atoms with Gasteiger partial charge in [-0.25, -0.2) is 0 Å². The summed E-state index contributed by atoms with van der Waals surface area (Å²) in [5.41, 5.74) is 0. The summed E-state index contributed by atoms with van der Waals surface area (Å²) in [7, 11) is 0. The lowest BCUT2D eigenvalue weighted by Crippen LogP contribution is -2.22. The molecule has 2 rings (SSSR count). The molecule has 2 fully saturated rings. The van der Waals surface area contributed by atoms with Crippen molar-refractivity contribution in [2.45, 2.75) is 38.3 Å². The Morgan fingerprint density at radius 1 is 1.27 bits per heavy atom. The largest absolute Gasteiger partial charge is 0.373 e. The number of rotatable bonds is 2. The highest BCUT2D eigenvalue weighted by Gasteiger charge is 2.36. The Hall–Kier alpha value is -0.120. The van der Waals surface area contributed by atoms with Crippen molar-refractivity contribution in [3.8, 4) is 0 Å². The minimum Gasteiger partial charge on any atom is -0.373 e. The second kappa shape index (κ2) is 2.44. The van der Waals surface area contributed by atoms with Crippen LogP contribution in [0, 0.1) is 0 Å². The Morgan fingerprint density at radius 3 is 2.45 bits per heavy atom. The van der Waals surface area contributed by atoms with Gasteiger partial charge in [0.05, 0.1) is 25.4 Å². The highest BCUT2D eigenvalue weighted by atomic mass is 16.7. The van der Waals surface area contributed by atoms with Gasteiger partial charge in [0.15, 0.2) is 5.79 Å². The van der Waals surface area contributed by atoms with Gasteiger partial charge in [0.2, 0.25) is 0 Å². The summed E-state index contributed by atoms with van der Waals surface area (Å²) >= 11 is 0. The highest BCUT2D eigenvalue weighted by molar-refractivity contribution is 4.79. The molecule has 11 heavy (non-hydrogen) atoms. The Balaban J connectivity index is 1.79. The Morgan fingerprint density at radius 2 is 2.00 bits per heavy atom. The molecular weight excluding hydrogens is 144 g/mol. The average Bonchev–Trinajstić information content (AvgIpc) is 2.61. The van der Waals surface area contributed by atoms with Crippen molar-refractivity contribution in [3.63, 3.8) is 0 Å². The highest BCUT2D eigenvalue weighted by Crippen LogP contribution is 2.27. The third-order valence-corrected chi connectivity index (χ3v) is 2.00. The fourth-order valence-electron chi connectivity index (χ4n) is 1.38. The van der Waals surface area contributed by atoms with Crippen LogP contribution in [0.3, 0.4) is 0 Å². The minimum atomic E-state index is -0.375. The zero-order chi connectivity index (χ0) is 7.90. The van der Waals surface area contributed by atoms with Crippen molar-refractivity contribution >= 4 is 0 Å². The van der Waals surface area contributed by atoms with Crippen molar-refractivity contribution in [3.05, 3.63) is 0 Å². The Labute approximate surface area is 66.6 Å². The quantitative estimate of drug-likeness (QED) is 0.560. The van der Waals surface area contributed by atoms with E-state index in [1.807, 2.05) is 13.8 Å². The van der Waals surface area contributed by atoms with Gasteiger partial charge in [-0.15, -0.1) is 0 Å². The third-order valence-electron chi connectivity index (χ3n) is 2.00. The normalized spacial score (nSPS) is 40.9. The van der Waals surface area contributed by atoms with Gasteiger partial charge in [0, 0.05) is 6.42 Å². The smallest absolute Gasteiger partial charge is 0.163 e. The molecule has 2 heterocycles. The molecule has 0 aromatic rings. The lowest BCUT2D eigenvalue weighted by molar-refractivity contribution is -0.139. The first-order valence-electron chi connectivity index (χ1n) is 4.09. The third kappa shape index (κ3) is 1.92. The van der Waals surface area contributed by atoms with Crippen LogP contribution in [0.2, 0.25) is 0 Å². The van der Waals surface area contributed by atoms with Crippen LogP contribution in [0.25, 0.3) is 0 Å². The van der Waals surface area contributed by atoms with E-state index in [4.69, 9.17) is 14.2 Å². The molecule has 0 aromatic carbocycles. The first kappa shape index (κ1) is 7.53. The molecule has 3 heteroatoms. The second-order valence-electron chi connectivity index (χ2n) is 3.64. The predicted molar refractivity (Wildman–Crippen MR) is 39.3 cm³/mol. The number of hydrogen-bond acceptors (Lipinski definition) is 3. The van der Waals surface area contributed by atoms with E-state index in [0.717, 1.165) is 13.0 Å². The van der Waals surface area contributed by atoms with Crippen molar-refractivity contribution in [1.82, 2.24) is 0 Å². The molecule has 0 unspecified atom stereocenters. The van der Waals surface area contributed by atoms with E-state index in [2.05, 4.69) is 0 Å². The van der Waals surface area contributed by atoms with E-state index in [1.165, 1.54) is 0 Å². The summed E-state index contributed by atoms with van der Waals surface area (Å²) in [6, 6.07) is 0. The van der Waals surface area contributed by atoms with E-state index in [9.17, 15) is 0 Å². The number of hydrogen-bond donors (Lipinski definition) is 0. The zero-order valence-electron chi connectivity index (χ0n) is 7.00. The summed E-state index contributed by atoms with van der Waals surface area (Å²) < 4.78 is 16.1. The van der Waals surface area contributed by atoms with Crippen LogP contribution >= 0.6 is 0 Å². The number of ether oxygens (including phenoxy) is 3. The second-order valence-corrected chi connectivity index (χ2v) is 3.64. The maximum absolute atomic E-state index is 5.60. The molecule has 2 aliphatic heterocycles. The maximum atomic E-state index is 5.60. The van der Waals surface area contributed by atoms with Crippen LogP contribution < -0.4 is 0 Å². The van der Waals surface area contributed by atoms with Gasteiger partial charge in [-0.1, -0.05) is 0 Å². The van der Waals surface area contributed by atoms with Crippen LogP contribution in [0.5, 0.6) is 0 Å².